The number of benzene rings is 2. The monoisotopic (exact) mass is 442 g/mol. The zero-order valence-electron chi connectivity index (χ0n) is 16.8. The van der Waals surface area contributed by atoms with Gasteiger partial charge in [-0.2, -0.15) is 4.31 Å². The largest absolute Gasteiger partial charge is 0.496 e. The number of amides is 1. The second-order valence-corrected chi connectivity index (χ2v) is 8.69. The number of rotatable bonds is 8. The molecular weight excluding hydrogens is 419 g/mol. The molecule has 0 atom stereocenters. The van der Waals surface area contributed by atoms with Gasteiger partial charge < -0.3 is 9.64 Å². The van der Waals surface area contributed by atoms with Crippen LogP contribution in [0.2, 0.25) is 5.02 Å². The van der Waals surface area contributed by atoms with Crippen molar-refractivity contribution in [1.82, 2.24) is 9.21 Å². The third-order valence-corrected chi connectivity index (χ3v) is 6.80. The van der Waals surface area contributed by atoms with Gasteiger partial charge in [0.1, 0.15) is 16.5 Å². The van der Waals surface area contributed by atoms with Crippen molar-refractivity contribution in [2.24, 2.45) is 0 Å². The molecule has 0 N–H and O–H groups in total. The Bertz CT molecular complexity index is 994. The molecule has 6 nitrogen and oxygen atoms in total. The average molecular weight is 443 g/mol. The van der Waals surface area contributed by atoms with Crippen LogP contribution in [0.25, 0.3) is 0 Å². The molecule has 0 spiro atoms. The summed E-state index contributed by atoms with van der Waals surface area (Å²) in [6.45, 7) is 3.91. The molecule has 1 amide bonds. The Balaban J connectivity index is 2.36. The van der Waals surface area contributed by atoms with Crippen molar-refractivity contribution in [2.45, 2.75) is 25.3 Å². The van der Waals surface area contributed by atoms with Crippen molar-refractivity contribution in [3.8, 4) is 5.75 Å². The molecule has 2 aromatic carbocycles. The number of carbonyl (C=O) groups is 1. The van der Waals surface area contributed by atoms with Crippen LogP contribution < -0.4 is 4.74 Å². The van der Waals surface area contributed by atoms with E-state index in [-0.39, 0.29) is 25.2 Å². The van der Waals surface area contributed by atoms with Gasteiger partial charge in [-0.1, -0.05) is 25.4 Å². The lowest BCUT2D eigenvalue weighted by molar-refractivity contribution is 0.0784. The predicted octanol–water partition coefficient (Wildman–Crippen LogP) is 3.79. The SMILES string of the molecule is CCN(CC)S(=O)(=O)c1cc(C(=O)N(C)Cc2cc(Cl)ccc2OC)ccc1F. The van der Waals surface area contributed by atoms with Crippen molar-refractivity contribution >= 4 is 27.5 Å². The average Bonchev–Trinajstić information content (AvgIpc) is 2.68. The molecule has 0 aliphatic rings. The van der Waals surface area contributed by atoms with E-state index < -0.39 is 26.6 Å². The Kier molecular flexibility index (Phi) is 7.62. The summed E-state index contributed by atoms with van der Waals surface area (Å²) in [4.78, 5) is 13.7. The van der Waals surface area contributed by atoms with Crippen LogP contribution in [-0.2, 0) is 16.6 Å². The lowest BCUT2D eigenvalue weighted by atomic mass is 10.1. The minimum Gasteiger partial charge on any atom is -0.496 e. The fourth-order valence-electron chi connectivity index (χ4n) is 2.96. The molecule has 0 radical (unpaired) electrons. The Morgan fingerprint density at radius 3 is 2.38 bits per heavy atom. The van der Waals surface area contributed by atoms with E-state index in [1.807, 2.05) is 0 Å². The second-order valence-electron chi connectivity index (χ2n) is 6.35. The summed E-state index contributed by atoms with van der Waals surface area (Å²) in [6, 6.07) is 8.41. The van der Waals surface area contributed by atoms with Crippen LogP contribution in [-0.4, -0.2) is 50.8 Å². The van der Waals surface area contributed by atoms with E-state index in [0.717, 1.165) is 16.4 Å². The topological polar surface area (TPSA) is 66.9 Å². The van der Waals surface area contributed by atoms with Crippen LogP contribution in [0.4, 0.5) is 4.39 Å². The standard InChI is InChI=1S/C20H24ClFN2O4S/c1-5-24(6-2)29(26,27)19-12-14(7-9-17(19)22)20(25)23(3)13-15-11-16(21)8-10-18(15)28-4/h7-12H,5-6,13H2,1-4H3. The third kappa shape index (κ3) is 5.07. The number of carbonyl (C=O) groups excluding carboxylic acids is 1. The van der Waals surface area contributed by atoms with Crippen molar-refractivity contribution in [3.63, 3.8) is 0 Å². The maximum Gasteiger partial charge on any atom is 0.253 e. The maximum absolute atomic E-state index is 14.3. The lowest BCUT2D eigenvalue weighted by Gasteiger charge is -2.21. The molecule has 2 rings (SSSR count). The molecule has 9 heteroatoms. The van der Waals surface area contributed by atoms with Crippen LogP contribution >= 0.6 is 11.6 Å². The van der Waals surface area contributed by atoms with Gasteiger partial charge in [0.15, 0.2) is 0 Å². The maximum atomic E-state index is 14.3. The van der Waals surface area contributed by atoms with Gasteiger partial charge >= 0.3 is 0 Å². The van der Waals surface area contributed by atoms with Crippen molar-refractivity contribution in [3.05, 3.63) is 58.4 Å². The number of ether oxygens (including phenoxy) is 1. The number of hydrogen-bond donors (Lipinski definition) is 0. The highest BCUT2D eigenvalue weighted by Gasteiger charge is 2.27. The zero-order valence-corrected chi connectivity index (χ0v) is 18.3. The van der Waals surface area contributed by atoms with Crippen molar-refractivity contribution in [1.29, 1.82) is 0 Å². The number of hydrogen-bond acceptors (Lipinski definition) is 4. The van der Waals surface area contributed by atoms with Gasteiger partial charge in [-0.05, 0) is 36.4 Å². The number of sulfonamides is 1. The molecule has 0 saturated heterocycles. The number of halogens is 2. The van der Waals surface area contributed by atoms with Gasteiger partial charge in [0.25, 0.3) is 5.91 Å². The van der Waals surface area contributed by atoms with Crippen molar-refractivity contribution < 1.29 is 22.3 Å². The Hall–Kier alpha value is -2.16. The highest BCUT2D eigenvalue weighted by molar-refractivity contribution is 7.89. The molecule has 2 aromatic rings. The fraction of sp³-hybridized carbons (Fsp3) is 0.350. The first-order valence-corrected chi connectivity index (χ1v) is 10.8. The van der Waals surface area contributed by atoms with Gasteiger partial charge in [-0.3, -0.25) is 4.79 Å². The number of nitrogens with zero attached hydrogens (tertiary/aromatic N) is 2. The first-order valence-electron chi connectivity index (χ1n) is 9.03. The molecule has 0 heterocycles. The summed E-state index contributed by atoms with van der Waals surface area (Å²) >= 11 is 6.03. The zero-order chi connectivity index (χ0) is 21.8. The summed E-state index contributed by atoms with van der Waals surface area (Å²) in [6.07, 6.45) is 0. The normalized spacial score (nSPS) is 11.6. The molecule has 29 heavy (non-hydrogen) atoms. The molecule has 0 fully saturated rings. The minimum atomic E-state index is -4.04. The van der Waals surface area contributed by atoms with Gasteiger partial charge in [0.05, 0.1) is 7.11 Å². The highest BCUT2D eigenvalue weighted by atomic mass is 35.5. The van der Waals surface area contributed by atoms with Gasteiger partial charge in [-0.25, -0.2) is 12.8 Å². The highest BCUT2D eigenvalue weighted by Crippen LogP contribution is 2.25. The van der Waals surface area contributed by atoms with E-state index >= 15 is 0 Å². The molecular formula is C20H24ClFN2O4S. The Morgan fingerprint density at radius 2 is 1.79 bits per heavy atom. The van der Waals surface area contributed by atoms with E-state index in [1.54, 1.807) is 39.1 Å². The summed E-state index contributed by atoms with van der Waals surface area (Å²) < 4.78 is 46.1. The lowest BCUT2D eigenvalue weighted by Crippen LogP contribution is -2.32. The molecule has 0 unspecified atom stereocenters. The van der Waals surface area contributed by atoms with E-state index in [9.17, 15) is 17.6 Å². The smallest absolute Gasteiger partial charge is 0.253 e. The quantitative estimate of drug-likeness (QED) is 0.623. The van der Waals surface area contributed by atoms with E-state index in [1.165, 1.54) is 18.1 Å². The van der Waals surface area contributed by atoms with Crippen LogP contribution in [0.5, 0.6) is 5.75 Å². The van der Waals surface area contributed by atoms with Gasteiger partial charge in [-0.15, -0.1) is 0 Å². The van der Waals surface area contributed by atoms with E-state index in [2.05, 4.69) is 0 Å². The Labute approximate surface area is 175 Å². The summed E-state index contributed by atoms with van der Waals surface area (Å²) in [7, 11) is -0.966. The number of methoxy groups -OCH3 is 1. The molecule has 158 valence electrons. The second kappa shape index (κ2) is 9.56. The Morgan fingerprint density at radius 1 is 1.14 bits per heavy atom. The molecule has 0 aliphatic heterocycles. The van der Waals surface area contributed by atoms with Crippen LogP contribution in [0.15, 0.2) is 41.3 Å². The van der Waals surface area contributed by atoms with Crippen LogP contribution in [0.3, 0.4) is 0 Å². The molecule has 0 aliphatic carbocycles. The van der Waals surface area contributed by atoms with Crippen LogP contribution in [0, 0.1) is 5.82 Å². The summed E-state index contributed by atoms with van der Waals surface area (Å²) in [5.41, 5.74) is 0.759. The summed E-state index contributed by atoms with van der Waals surface area (Å²) in [5, 5.41) is 0.496. The molecule has 0 bridgehead atoms. The first kappa shape index (κ1) is 23.1. The van der Waals surface area contributed by atoms with Gasteiger partial charge in [0.2, 0.25) is 10.0 Å². The van der Waals surface area contributed by atoms with Crippen LogP contribution in [0.1, 0.15) is 29.8 Å². The summed E-state index contributed by atoms with van der Waals surface area (Å²) in [5.74, 6) is -0.784. The molecule has 0 saturated carbocycles. The first-order chi connectivity index (χ1) is 13.6. The molecule has 0 aromatic heterocycles. The van der Waals surface area contributed by atoms with E-state index in [4.69, 9.17) is 16.3 Å². The van der Waals surface area contributed by atoms with Gasteiger partial charge in [0, 0.05) is 42.8 Å². The third-order valence-electron chi connectivity index (χ3n) is 4.50. The predicted molar refractivity (Wildman–Crippen MR) is 110 cm³/mol. The fourth-order valence-corrected chi connectivity index (χ4v) is 4.70. The van der Waals surface area contributed by atoms with Crippen molar-refractivity contribution in [2.75, 3.05) is 27.2 Å². The minimum absolute atomic E-state index is 0.0700. The van der Waals surface area contributed by atoms with E-state index in [0.29, 0.717) is 16.3 Å².